The van der Waals surface area contributed by atoms with Crippen molar-refractivity contribution in [3.05, 3.63) is 72.3 Å². The van der Waals surface area contributed by atoms with E-state index in [0.717, 1.165) is 29.6 Å². The number of ether oxygens (including phenoxy) is 1. The van der Waals surface area contributed by atoms with Gasteiger partial charge in [-0.15, -0.1) is 0 Å². The van der Waals surface area contributed by atoms with E-state index in [1.807, 2.05) is 43.3 Å². The highest BCUT2D eigenvalue weighted by Crippen LogP contribution is 2.25. The molecule has 1 N–H and O–H groups in total. The molecule has 29 heavy (non-hydrogen) atoms. The molecule has 0 radical (unpaired) electrons. The molecule has 0 saturated carbocycles. The van der Waals surface area contributed by atoms with Crippen molar-refractivity contribution < 1.29 is 14.3 Å². The maximum atomic E-state index is 12.4. The number of amides is 2. The van der Waals surface area contributed by atoms with Gasteiger partial charge in [-0.05, 0) is 47.9 Å². The summed E-state index contributed by atoms with van der Waals surface area (Å²) in [5.74, 6) is 0.521. The van der Waals surface area contributed by atoms with Crippen LogP contribution in [-0.4, -0.2) is 25.0 Å². The van der Waals surface area contributed by atoms with Gasteiger partial charge in [-0.1, -0.05) is 42.5 Å². The summed E-state index contributed by atoms with van der Waals surface area (Å²) in [6.45, 7) is 2.61. The van der Waals surface area contributed by atoms with Crippen molar-refractivity contribution in [3.8, 4) is 5.75 Å². The lowest BCUT2D eigenvalue weighted by Crippen LogP contribution is -2.31. The van der Waals surface area contributed by atoms with Crippen LogP contribution in [0.4, 0.5) is 5.69 Å². The summed E-state index contributed by atoms with van der Waals surface area (Å²) in [5, 5.41) is 5.30. The standard InChI is InChI=1S/C24H24N2O3/c1-17(19-12-11-18-6-2-3-7-20(18)14-19)25-23(27)16-29-22-9-4-8-21(15-22)26-13-5-10-24(26)28/h2-4,6-9,11-12,14-15,17H,5,10,13,16H2,1H3,(H,25,27). The van der Waals surface area contributed by atoms with Crippen LogP contribution in [0.25, 0.3) is 10.8 Å². The van der Waals surface area contributed by atoms with Crippen molar-refractivity contribution >= 4 is 28.3 Å². The Balaban J connectivity index is 1.35. The highest BCUT2D eigenvalue weighted by Gasteiger charge is 2.22. The van der Waals surface area contributed by atoms with Gasteiger partial charge in [0.1, 0.15) is 5.75 Å². The van der Waals surface area contributed by atoms with E-state index in [-0.39, 0.29) is 24.5 Å². The van der Waals surface area contributed by atoms with E-state index in [1.54, 1.807) is 11.0 Å². The third-order valence-electron chi connectivity index (χ3n) is 5.22. The molecule has 3 aromatic carbocycles. The quantitative estimate of drug-likeness (QED) is 0.688. The number of carbonyl (C=O) groups is 2. The van der Waals surface area contributed by atoms with E-state index in [4.69, 9.17) is 4.74 Å². The molecule has 1 heterocycles. The topological polar surface area (TPSA) is 58.6 Å². The van der Waals surface area contributed by atoms with Crippen molar-refractivity contribution in [2.75, 3.05) is 18.1 Å². The van der Waals surface area contributed by atoms with Crippen LogP contribution in [0.15, 0.2) is 66.7 Å². The minimum Gasteiger partial charge on any atom is -0.484 e. The number of fused-ring (bicyclic) bond motifs is 1. The van der Waals surface area contributed by atoms with Crippen LogP contribution < -0.4 is 15.0 Å². The maximum absolute atomic E-state index is 12.4. The second kappa shape index (κ2) is 8.35. The largest absolute Gasteiger partial charge is 0.484 e. The molecular weight excluding hydrogens is 364 g/mol. The summed E-state index contributed by atoms with van der Waals surface area (Å²) in [4.78, 5) is 26.0. The lowest BCUT2D eigenvalue weighted by atomic mass is 10.0. The lowest BCUT2D eigenvalue weighted by molar-refractivity contribution is -0.123. The van der Waals surface area contributed by atoms with E-state index < -0.39 is 0 Å². The molecule has 2 amide bonds. The number of carbonyl (C=O) groups excluding carboxylic acids is 2. The van der Waals surface area contributed by atoms with E-state index in [9.17, 15) is 9.59 Å². The van der Waals surface area contributed by atoms with Crippen molar-refractivity contribution in [2.24, 2.45) is 0 Å². The monoisotopic (exact) mass is 388 g/mol. The molecule has 1 unspecified atom stereocenters. The van der Waals surface area contributed by atoms with Crippen LogP contribution in [0.3, 0.4) is 0 Å². The van der Waals surface area contributed by atoms with Crippen LogP contribution in [0, 0.1) is 0 Å². The molecule has 0 aromatic heterocycles. The first kappa shape index (κ1) is 19.0. The molecule has 0 aliphatic carbocycles. The SMILES string of the molecule is CC(NC(=O)COc1cccc(N2CCCC2=O)c1)c1ccc2ccccc2c1. The first-order valence-corrected chi connectivity index (χ1v) is 9.91. The van der Waals surface area contributed by atoms with Gasteiger partial charge in [0.25, 0.3) is 5.91 Å². The van der Waals surface area contributed by atoms with Crippen molar-refractivity contribution in [1.82, 2.24) is 5.32 Å². The number of rotatable bonds is 6. The fourth-order valence-corrected chi connectivity index (χ4v) is 3.65. The molecule has 1 atom stereocenters. The first-order valence-electron chi connectivity index (χ1n) is 9.91. The van der Waals surface area contributed by atoms with Gasteiger partial charge in [-0.2, -0.15) is 0 Å². The minimum atomic E-state index is -0.187. The molecule has 3 aromatic rings. The lowest BCUT2D eigenvalue weighted by Gasteiger charge is -2.17. The van der Waals surface area contributed by atoms with Crippen molar-refractivity contribution in [2.45, 2.75) is 25.8 Å². The minimum absolute atomic E-state index is 0.0741. The van der Waals surface area contributed by atoms with E-state index in [1.165, 1.54) is 5.39 Å². The zero-order valence-corrected chi connectivity index (χ0v) is 16.4. The summed E-state index contributed by atoms with van der Waals surface area (Å²) in [6.07, 6.45) is 1.46. The predicted octanol–water partition coefficient (Wildman–Crippen LogP) is 4.22. The Labute approximate surface area is 170 Å². The van der Waals surface area contributed by atoms with E-state index in [2.05, 4.69) is 29.6 Å². The predicted molar refractivity (Wildman–Crippen MR) is 114 cm³/mol. The normalized spacial score (nSPS) is 14.8. The zero-order chi connectivity index (χ0) is 20.2. The Morgan fingerprint density at radius 3 is 2.69 bits per heavy atom. The summed E-state index contributed by atoms with van der Waals surface area (Å²) in [5.41, 5.74) is 1.86. The Morgan fingerprint density at radius 1 is 1.07 bits per heavy atom. The number of hydrogen-bond acceptors (Lipinski definition) is 3. The van der Waals surface area contributed by atoms with E-state index in [0.29, 0.717) is 12.2 Å². The Morgan fingerprint density at radius 2 is 1.90 bits per heavy atom. The molecule has 1 aliphatic rings. The van der Waals surface area contributed by atoms with Crippen LogP contribution in [0.1, 0.15) is 31.4 Å². The first-order chi connectivity index (χ1) is 14.1. The average Bonchev–Trinajstić information content (AvgIpc) is 3.18. The van der Waals surface area contributed by atoms with Gasteiger partial charge >= 0.3 is 0 Å². The van der Waals surface area contributed by atoms with Gasteiger partial charge in [-0.25, -0.2) is 0 Å². The fourth-order valence-electron chi connectivity index (χ4n) is 3.65. The Hall–Kier alpha value is -3.34. The van der Waals surface area contributed by atoms with Crippen LogP contribution >= 0.6 is 0 Å². The fraction of sp³-hybridized carbons (Fsp3) is 0.250. The number of benzene rings is 3. The Bertz CT molecular complexity index is 1050. The maximum Gasteiger partial charge on any atom is 0.258 e. The molecule has 5 nitrogen and oxygen atoms in total. The molecular formula is C24H24N2O3. The molecule has 148 valence electrons. The molecule has 0 spiro atoms. The molecule has 1 aliphatic heterocycles. The molecule has 1 fully saturated rings. The average molecular weight is 388 g/mol. The molecule has 1 saturated heterocycles. The van der Waals surface area contributed by atoms with Gasteiger partial charge < -0.3 is 15.0 Å². The van der Waals surface area contributed by atoms with Gasteiger partial charge in [0.2, 0.25) is 5.91 Å². The summed E-state index contributed by atoms with van der Waals surface area (Å²) in [7, 11) is 0. The van der Waals surface area contributed by atoms with Crippen LogP contribution in [0.5, 0.6) is 5.75 Å². The molecule has 0 bridgehead atoms. The third-order valence-corrected chi connectivity index (χ3v) is 5.22. The van der Waals surface area contributed by atoms with Crippen molar-refractivity contribution in [3.63, 3.8) is 0 Å². The second-order valence-electron chi connectivity index (χ2n) is 7.33. The smallest absolute Gasteiger partial charge is 0.258 e. The highest BCUT2D eigenvalue weighted by molar-refractivity contribution is 5.95. The third kappa shape index (κ3) is 4.40. The van der Waals surface area contributed by atoms with Gasteiger partial charge in [0.15, 0.2) is 6.61 Å². The molecule has 5 heteroatoms. The van der Waals surface area contributed by atoms with Crippen LogP contribution in [0.2, 0.25) is 0 Å². The second-order valence-corrected chi connectivity index (χ2v) is 7.33. The van der Waals surface area contributed by atoms with E-state index >= 15 is 0 Å². The van der Waals surface area contributed by atoms with Crippen molar-refractivity contribution in [1.29, 1.82) is 0 Å². The number of nitrogens with one attached hydrogen (secondary N) is 1. The van der Waals surface area contributed by atoms with Crippen LogP contribution in [-0.2, 0) is 9.59 Å². The number of anilines is 1. The summed E-state index contributed by atoms with van der Waals surface area (Å²) in [6, 6.07) is 21.6. The molecule has 4 rings (SSSR count). The van der Waals surface area contributed by atoms with Gasteiger partial charge in [-0.3, -0.25) is 9.59 Å². The summed E-state index contributed by atoms with van der Waals surface area (Å²) < 4.78 is 5.66. The highest BCUT2D eigenvalue weighted by atomic mass is 16.5. The zero-order valence-electron chi connectivity index (χ0n) is 16.4. The number of nitrogens with zero attached hydrogens (tertiary/aromatic N) is 1. The Kier molecular flexibility index (Phi) is 5.47. The van der Waals surface area contributed by atoms with Gasteiger partial charge in [0, 0.05) is 24.7 Å². The van der Waals surface area contributed by atoms with Gasteiger partial charge in [0.05, 0.1) is 6.04 Å². The summed E-state index contributed by atoms with van der Waals surface area (Å²) >= 11 is 0. The number of hydrogen-bond donors (Lipinski definition) is 1.